The molecule has 0 bridgehead atoms. The molecule has 3 nitrogen and oxygen atoms in total. The van der Waals surface area contributed by atoms with Crippen LogP contribution in [0.5, 0.6) is 0 Å². The fourth-order valence-electron chi connectivity index (χ4n) is 2.76. The molecule has 0 aromatic rings. The van der Waals surface area contributed by atoms with Gasteiger partial charge in [0.15, 0.2) is 0 Å². The molecule has 1 rings (SSSR count). The summed E-state index contributed by atoms with van der Waals surface area (Å²) < 4.78 is 18.9. The minimum atomic E-state index is -2.16. The molecule has 1 atom stereocenters. The van der Waals surface area contributed by atoms with Crippen molar-refractivity contribution in [1.82, 2.24) is 0 Å². The monoisotopic (exact) mass is 318 g/mol. The van der Waals surface area contributed by atoms with E-state index in [-0.39, 0.29) is 0 Å². The molecule has 19 heavy (non-hydrogen) atoms. The highest BCUT2D eigenvalue weighted by atomic mass is 28.5. The van der Waals surface area contributed by atoms with Gasteiger partial charge in [0.1, 0.15) is 0 Å². The molecule has 1 fully saturated rings. The molecule has 0 radical (unpaired) electrons. The first-order valence-electron chi connectivity index (χ1n) is 7.30. The summed E-state index contributed by atoms with van der Waals surface area (Å²) in [6, 6.07) is 1.14. The summed E-state index contributed by atoms with van der Waals surface area (Å²) in [5.41, 5.74) is 2.68. The van der Waals surface area contributed by atoms with E-state index < -0.39 is 25.4 Å². The second kappa shape index (κ2) is 6.36. The molecule has 1 unspecified atom stereocenters. The lowest BCUT2D eigenvalue weighted by molar-refractivity contribution is 0.220. The van der Waals surface area contributed by atoms with E-state index in [4.69, 9.17) is 12.7 Å². The van der Waals surface area contributed by atoms with Crippen molar-refractivity contribution in [1.29, 1.82) is 0 Å². The molecular formula is C13H30O3Si3. The molecule has 112 valence electrons. The molecule has 0 N–H and O–H groups in total. The molecule has 1 saturated heterocycles. The van der Waals surface area contributed by atoms with Gasteiger partial charge < -0.3 is 12.7 Å². The van der Waals surface area contributed by atoms with Crippen LogP contribution in [0.15, 0.2) is 12.3 Å². The number of hydrogen-bond acceptors (Lipinski definition) is 3. The first-order chi connectivity index (χ1) is 8.63. The zero-order valence-electron chi connectivity index (χ0n) is 13.4. The van der Waals surface area contributed by atoms with Crippen molar-refractivity contribution >= 4 is 25.4 Å². The molecule has 0 saturated carbocycles. The lowest BCUT2D eigenvalue weighted by Crippen LogP contribution is -2.56. The molecule has 0 aromatic carbocycles. The topological polar surface area (TPSA) is 27.7 Å². The Bertz CT molecular complexity index is 318. The van der Waals surface area contributed by atoms with Gasteiger partial charge in [0, 0.05) is 6.61 Å². The van der Waals surface area contributed by atoms with Crippen molar-refractivity contribution in [2.75, 3.05) is 6.61 Å². The summed E-state index contributed by atoms with van der Waals surface area (Å²) in [5.74, 6) is 0. The van der Waals surface area contributed by atoms with Gasteiger partial charge >= 0.3 is 17.1 Å². The maximum atomic E-state index is 6.64. The predicted molar refractivity (Wildman–Crippen MR) is 88.2 cm³/mol. The molecule has 0 aromatic heterocycles. The normalized spacial score (nSPS) is 31.9. The van der Waals surface area contributed by atoms with E-state index in [1.165, 1.54) is 6.42 Å². The maximum absolute atomic E-state index is 6.64. The van der Waals surface area contributed by atoms with Gasteiger partial charge in [0.2, 0.25) is 8.32 Å². The van der Waals surface area contributed by atoms with Gasteiger partial charge in [-0.3, -0.25) is 0 Å². The first-order valence-corrected chi connectivity index (χ1v) is 15.2. The van der Waals surface area contributed by atoms with E-state index in [0.29, 0.717) is 5.54 Å². The van der Waals surface area contributed by atoms with E-state index >= 15 is 0 Å². The van der Waals surface area contributed by atoms with Gasteiger partial charge in [-0.1, -0.05) is 26.0 Å². The lowest BCUT2D eigenvalue weighted by Gasteiger charge is -2.42. The van der Waals surface area contributed by atoms with Crippen molar-refractivity contribution in [3.05, 3.63) is 12.3 Å². The average molecular weight is 319 g/mol. The Morgan fingerprint density at radius 1 is 1.00 bits per heavy atom. The minimum absolute atomic E-state index is 0.547. The van der Waals surface area contributed by atoms with Gasteiger partial charge in [-0.2, -0.15) is 0 Å². The van der Waals surface area contributed by atoms with Gasteiger partial charge in [0.25, 0.3) is 0 Å². The van der Waals surface area contributed by atoms with Crippen LogP contribution in [0.25, 0.3) is 0 Å². The van der Waals surface area contributed by atoms with E-state index in [2.05, 4.69) is 52.3 Å². The highest BCUT2D eigenvalue weighted by Gasteiger charge is 2.45. The van der Waals surface area contributed by atoms with Crippen molar-refractivity contribution in [2.45, 2.75) is 64.5 Å². The van der Waals surface area contributed by atoms with E-state index in [0.717, 1.165) is 19.1 Å². The zero-order valence-corrected chi connectivity index (χ0v) is 16.4. The fraction of sp³-hybridized carbons (Fsp3) is 0.846. The van der Waals surface area contributed by atoms with Gasteiger partial charge in [0.05, 0.1) is 0 Å². The standard InChI is InChI=1S/C13H30O3Si3/c1-8-19(13(2)3)12-10-9-11-14-17(4,5)15-18(6,7)16-19/h8,13H,1,9-12H2,2-7H3. The van der Waals surface area contributed by atoms with Crippen LogP contribution in [-0.4, -0.2) is 32.0 Å². The first kappa shape index (κ1) is 17.3. The van der Waals surface area contributed by atoms with Crippen molar-refractivity contribution in [3.63, 3.8) is 0 Å². The van der Waals surface area contributed by atoms with Gasteiger partial charge in [-0.15, -0.1) is 6.58 Å². The smallest absolute Gasteiger partial charge is 0.322 e. The molecule has 1 aliphatic heterocycles. The quantitative estimate of drug-likeness (QED) is 0.710. The Hall–Kier alpha value is 0.271. The van der Waals surface area contributed by atoms with Gasteiger partial charge in [-0.05, 0) is 44.2 Å². The van der Waals surface area contributed by atoms with Crippen molar-refractivity contribution in [2.24, 2.45) is 0 Å². The Morgan fingerprint density at radius 3 is 2.16 bits per heavy atom. The number of hydrogen-bond donors (Lipinski definition) is 0. The van der Waals surface area contributed by atoms with E-state index in [1.54, 1.807) is 0 Å². The Labute approximate surface area is 122 Å². The lowest BCUT2D eigenvalue weighted by atomic mass is 10.4. The van der Waals surface area contributed by atoms with Crippen LogP contribution >= 0.6 is 0 Å². The highest BCUT2D eigenvalue weighted by molar-refractivity contribution is 6.90. The van der Waals surface area contributed by atoms with Crippen LogP contribution in [0.2, 0.25) is 37.8 Å². The summed E-state index contributed by atoms with van der Waals surface area (Å²) in [6.45, 7) is 18.0. The van der Waals surface area contributed by atoms with Crippen LogP contribution in [0.4, 0.5) is 0 Å². The van der Waals surface area contributed by atoms with Gasteiger partial charge in [-0.25, -0.2) is 0 Å². The Morgan fingerprint density at radius 2 is 1.63 bits per heavy atom. The minimum Gasteiger partial charge on any atom is -0.432 e. The van der Waals surface area contributed by atoms with Crippen molar-refractivity contribution in [3.8, 4) is 0 Å². The molecule has 0 amide bonds. The average Bonchev–Trinajstić information content (AvgIpc) is 2.24. The SMILES string of the molecule is C=C[Si]1(C(C)C)CCCCO[Si](C)(C)O[Si](C)(C)O1. The van der Waals surface area contributed by atoms with Crippen LogP contribution in [0.1, 0.15) is 26.7 Å². The molecule has 0 spiro atoms. The van der Waals surface area contributed by atoms with Crippen LogP contribution < -0.4 is 0 Å². The van der Waals surface area contributed by atoms with Crippen LogP contribution in [-0.2, 0) is 12.7 Å². The number of rotatable bonds is 2. The molecule has 6 heteroatoms. The highest BCUT2D eigenvalue weighted by Crippen LogP contribution is 2.34. The van der Waals surface area contributed by atoms with E-state index in [1.807, 2.05) is 0 Å². The largest absolute Gasteiger partial charge is 0.432 e. The third-order valence-electron chi connectivity index (χ3n) is 3.66. The second-order valence-electron chi connectivity index (χ2n) is 6.62. The summed E-state index contributed by atoms with van der Waals surface area (Å²) >= 11 is 0. The molecule has 0 aliphatic carbocycles. The second-order valence-corrected chi connectivity index (χ2v) is 18.1. The summed E-state index contributed by atoms with van der Waals surface area (Å²) in [5, 5.41) is 0. The summed E-state index contributed by atoms with van der Waals surface area (Å²) in [4.78, 5) is 0. The molecular weight excluding hydrogens is 288 g/mol. The fourth-order valence-corrected chi connectivity index (χ4v) is 16.3. The third-order valence-corrected chi connectivity index (χ3v) is 15.8. The van der Waals surface area contributed by atoms with Crippen molar-refractivity contribution < 1.29 is 12.7 Å². The summed E-state index contributed by atoms with van der Waals surface area (Å²) in [7, 11) is -6.11. The Kier molecular flexibility index (Phi) is 5.80. The third kappa shape index (κ3) is 4.95. The van der Waals surface area contributed by atoms with Crippen LogP contribution in [0, 0.1) is 0 Å². The predicted octanol–water partition coefficient (Wildman–Crippen LogP) is 4.31. The Balaban J connectivity index is 3.00. The molecule has 1 aliphatic rings. The zero-order chi connectivity index (χ0) is 14.7. The van der Waals surface area contributed by atoms with E-state index in [9.17, 15) is 0 Å². The molecule has 1 heterocycles. The maximum Gasteiger partial charge on any atom is 0.322 e. The summed E-state index contributed by atoms with van der Waals surface area (Å²) in [6.07, 6.45) is 2.27. The van der Waals surface area contributed by atoms with Crippen LogP contribution in [0.3, 0.4) is 0 Å².